The van der Waals surface area contributed by atoms with Gasteiger partial charge in [0.1, 0.15) is 0 Å². The maximum absolute atomic E-state index is 10.8. The number of nitrogens with zero attached hydrogens (tertiary/aromatic N) is 2. The van der Waals surface area contributed by atoms with Gasteiger partial charge in [0, 0.05) is 32.1 Å². The molecule has 0 bridgehead atoms. The summed E-state index contributed by atoms with van der Waals surface area (Å²) in [6, 6.07) is 2.98. The van der Waals surface area contributed by atoms with Gasteiger partial charge in [-0.15, -0.1) is 0 Å². The predicted octanol–water partition coefficient (Wildman–Crippen LogP) is 1.40. The van der Waals surface area contributed by atoms with Crippen molar-refractivity contribution in [1.82, 2.24) is 4.90 Å². The van der Waals surface area contributed by atoms with Crippen LogP contribution in [0.1, 0.15) is 5.56 Å². The van der Waals surface area contributed by atoms with Gasteiger partial charge in [-0.05, 0) is 6.07 Å². The Balaban J connectivity index is 2.37. The van der Waals surface area contributed by atoms with E-state index in [1.807, 2.05) is 0 Å². The van der Waals surface area contributed by atoms with Crippen molar-refractivity contribution in [3.63, 3.8) is 0 Å². The molecule has 0 amide bonds. The zero-order chi connectivity index (χ0) is 13.3. The van der Waals surface area contributed by atoms with Crippen molar-refractivity contribution < 1.29 is 14.4 Å². The summed E-state index contributed by atoms with van der Waals surface area (Å²) in [5, 5.41) is 18.6. The highest BCUT2D eigenvalue weighted by Gasteiger charge is 2.28. The number of fused-ring (bicyclic) bond motifs is 1. The molecule has 0 atom stereocenters. The standard InChI is InChI=1S/C11H13N3O4/c1-13(2)9(12)5-7-3-4-8(14(15)16)11-10(7)17-6-18-11/h3-4,12H,5-6H2,1-2H3. The molecular formula is C11H13N3O4. The molecule has 0 radical (unpaired) electrons. The second-order valence-corrected chi connectivity index (χ2v) is 4.08. The number of hydrogen-bond acceptors (Lipinski definition) is 5. The van der Waals surface area contributed by atoms with Crippen LogP contribution in [0.25, 0.3) is 0 Å². The fourth-order valence-electron chi connectivity index (χ4n) is 1.66. The number of benzene rings is 1. The van der Waals surface area contributed by atoms with E-state index in [0.29, 0.717) is 23.6 Å². The first-order valence-corrected chi connectivity index (χ1v) is 5.31. The van der Waals surface area contributed by atoms with Gasteiger partial charge in [0.15, 0.2) is 5.75 Å². The molecule has 1 aliphatic heterocycles. The highest BCUT2D eigenvalue weighted by Crippen LogP contribution is 2.43. The lowest BCUT2D eigenvalue weighted by Crippen LogP contribution is -2.22. The van der Waals surface area contributed by atoms with Crippen LogP contribution in [-0.4, -0.2) is 36.5 Å². The maximum Gasteiger partial charge on any atom is 0.315 e. The third kappa shape index (κ3) is 2.06. The van der Waals surface area contributed by atoms with Crippen LogP contribution in [0.5, 0.6) is 11.5 Å². The second kappa shape index (κ2) is 4.52. The highest BCUT2D eigenvalue weighted by atomic mass is 16.7. The minimum Gasteiger partial charge on any atom is -0.453 e. The lowest BCUT2D eigenvalue weighted by molar-refractivity contribution is -0.385. The first-order chi connectivity index (χ1) is 8.50. The molecule has 7 nitrogen and oxygen atoms in total. The Morgan fingerprint density at radius 1 is 1.44 bits per heavy atom. The van der Waals surface area contributed by atoms with E-state index in [2.05, 4.69) is 0 Å². The Morgan fingerprint density at radius 3 is 2.72 bits per heavy atom. The summed E-state index contributed by atoms with van der Waals surface area (Å²) in [5.41, 5.74) is 0.606. The molecule has 18 heavy (non-hydrogen) atoms. The topological polar surface area (TPSA) is 88.7 Å². The zero-order valence-corrected chi connectivity index (χ0v) is 10.1. The Bertz CT molecular complexity index is 513. The largest absolute Gasteiger partial charge is 0.453 e. The summed E-state index contributed by atoms with van der Waals surface area (Å²) in [7, 11) is 3.54. The molecule has 0 aromatic heterocycles. The fourth-order valence-corrected chi connectivity index (χ4v) is 1.66. The van der Waals surface area contributed by atoms with Crippen molar-refractivity contribution in [2.45, 2.75) is 6.42 Å². The van der Waals surface area contributed by atoms with E-state index in [4.69, 9.17) is 14.9 Å². The van der Waals surface area contributed by atoms with Gasteiger partial charge in [-0.1, -0.05) is 0 Å². The number of nitrogens with one attached hydrogen (secondary N) is 1. The Morgan fingerprint density at radius 2 is 2.11 bits per heavy atom. The number of nitro benzene ring substituents is 1. The molecule has 2 rings (SSSR count). The molecule has 7 heteroatoms. The van der Waals surface area contributed by atoms with E-state index >= 15 is 0 Å². The first-order valence-electron chi connectivity index (χ1n) is 5.31. The van der Waals surface area contributed by atoms with E-state index in [1.54, 1.807) is 25.1 Å². The number of ether oxygens (including phenoxy) is 2. The summed E-state index contributed by atoms with van der Waals surface area (Å²) in [6.07, 6.45) is 0.344. The molecule has 1 aromatic rings. The summed E-state index contributed by atoms with van der Waals surface area (Å²) in [4.78, 5) is 12.0. The minimum atomic E-state index is -0.505. The molecule has 0 saturated carbocycles. The van der Waals surface area contributed by atoms with Gasteiger partial charge >= 0.3 is 5.69 Å². The van der Waals surface area contributed by atoms with Crippen molar-refractivity contribution in [2.24, 2.45) is 0 Å². The number of rotatable bonds is 3. The van der Waals surface area contributed by atoms with Gasteiger partial charge in [-0.25, -0.2) is 0 Å². The molecule has 1 aromatic carbocycles. The summed E-state index contributed by atoms with van der Waals surface area (Å²) in [6.45, 7) is -0.0253. The second-order valence-electron chi connectivity index (χ2n) is 4.08. The third-order valence-corrected chi connectivity index (χ3v) is 2.67. The summed E-state index contributed by atoms with van der Waals surface area (Å²) in [5.74, 6) is 0.918. The molecule has 0 saturated heterocycles. The van der Waals surface area contributed by atoms with Crippen molar-refractivity contribution in [3.8, 4) is 11.5 Å². The fraction of sp³-hybridized carbons (Fsp3) is 0.364. The predicted molar refractivity (Wildman–Crippen MR) is 64.3 cm³/mol. The van der Waals surface area contributed by atoms with Crippen molar-refractivity contribution in [3.05, 3.63) is 27.8 Å². The zero-order valence-electron chi connectivity index (χ0n) is 10.1. The van der Waals surface area contributed by atoms with Crippen LogP contribution in [0, 0.1) is 15.5 Å². The van der Waals surface area contributed by atoms with Crippen molar-refractivity contribution >= 4 is 11.5 Å². The molecule has 0 aliphatic carbocycles. The Labute approximate surface area is 104 Å². The van der Waals surface area contributed by atoms with Gasteiger partial charge in [0.2, 0.25) is 12.5 Å². The van der Waals surface area contributed by atoms with Crippen LogP contribution in [-0.2, 0) is 6.42 Å². The first kappa shape index (κ1) is 12.2. The average Bonchev–Trinajstić information content (AvgIpc) is 2.77. The third-order valence-electron chi connectivity index (χ3n) is 2.67. The number of hydrogen-bond donors (Lipinski definition) is 1. The van der Waals surface area contributed by atoms with Crippen LogP contribution >= 0.6 is 0 Å². The molecule has 0 spiro atoms. The van der Waals surface area contributed by atoms with Gasteiger partial charge in [-0.2, -0.15) is 0 Å². The Hall–Kier alpha value is -2.31. The van der Waals surface area contributed by atoms with Gasteiger partial charge < -0.3 is 14.4 Å². The van der Waals surface area contributed by atoms with Gasteiger partial charge in [-0.3, -0.25) is 15.5 Å². The smallest absolute Gasteiger partial charge is 0.315 e. The summed E-state index contributed by atoms with van der Waals surface area (Å²) < 4.78 is 10.4. The van der Waals surface area contributed by atoms with Crippen LogP contribution < -0.4 is 9.47 Å². The van der Waals surface area contributed by atoms with Crippen molar-refractivity contribution in [2.75, 3.05) is 20.9 Å². The lowest BCUT2D eigenvalue weighted by atomic mass is 10.1. The summed E-state index contributed by atoms with van der Waals surface area (Å²) >= 11 is 0. The molecular weight excluding hydrogens is 238 g/mol. The van der Waals surface area contributed by atoms with Gasteiger partial charge in [0.05, 0.1) is 10.8 Å². The molecule has 96 valence electrons. The van der Waals surface area contributed by atoms with Gasteiger partial charge in [0.25, 0.3) is 0 Å². The number of nitro groups is 1. The van der Waals surface area contributed by atoms with E-state index in [9.17, 15) is 10.1 Å². The monoisotopic (exact) mass is 251 g/mol. The maximum atomic E-state index is 10.8. The molecule has 1 heterocycles. The number of likely N-dealkylation sites (N-methyl/N-ethyl adjacent to an activating group) is 1. The van der Waals surface area contributed by atoms with Crippen LogP contribution in [0.3, 0.4) is 0 Å². The molecule has 0 unspecified atom stereocenters. The quantitative estimate of drug-likeness (QED) is 0.379. The van der Waals surface area contributed by atoms with E-state index in [-0.39, 0.29) is 18.2 Å². The normalized spacial score (nSPS) is 12.3. The highest BCUT2D eigenvalue weighted by molar-refractivity contribution is 5.82. The SMILES string of the molecule is CN(C)C(=N)Cc1ccc([N+](=O)[O-])c2c1OCO2. The van der Waals surface area contributed by atoms with E-state index in [0.717, 1.165) is 0 Å². The molecule has 1 aliphatic rings. The minimum absolute atomic E-state index is 0.0253. The lowest BCUT2D eigenvalue weighted by Gasteiger charge is -2.14. The van der Waals surface area contributed by atoms with Crippen LogP contribution in [0.4, 0.5) is 5.69 Å². The Kier molecular flexibility index (Phi) is 3.05. The van der Waals surface area contributed by atoms with Crippen LogP contribution in [0.2, 0.25) is 0 Å². The van der Waals surface area contributed by atoms with E-state index < -0.39 is 4.92 Å². The number of amidine groups is 1. The van der Waals surface area contributed by atoms with Crippen LogP contribution in [0.15, 0.2) is 12.1 Å². The molecule has 1 N–H and O–H groups in total. The average molecular weight is 251 g/mol. The molecule has 0 fully saturated rings. The van der Waals surface area contributed by atoms with Crippen molar-refractivity contribution in [1.29, 1.82) is 5.41 Å². The van der Waals surface area contributed by atoms with E-state index in [1.165, 1.54) is 6.07 Å².